The molecule has 0 saturated carbocycles. The van der Waals surface area contributed by atoms with Crippen LogP contribution in [-0.2, 0) is 6.54 Å². The summed E-state index contributed by atoms with van der Waals surface area (Å²) in [5.74, 6) is 0.217. The molecule has 20 heavy (non-hydrogen) atoms. The molecule has 112 valence electrons. The van der Waals surface area contributed by atoms with Crippen molar-refractivity contribution in [3.8, 4) is 0 Å². The third kappa shape index (κ3) is 3.23. The van der Waals surface area contributed by atoms with Gasteiger partial charge in [0.05, 0.1) is 5.56 Å². The fourth-order valence-electron chi connectivity index (χ4n) is 2.93. The average Bonchev–Trinajstić information content (AvgIpc) is 2.72. The fraction of sp³-hybridized carbons (Fsp3) is 0.688. The number of aromatic nitrogens is 1. The highest BCUT2D eigenvalue weighted by molar-refractivity contribution is 5.95. The molecule has 1 aromatic heterocycles. The van der Waals surface area contributed by atoms with Crippen LogP contribution < -0.4 is 0 Å². The Bertz CT molecular complexity index is 470. The fourth-order valence-corrected chi connectivity index (χ4v) is 2.93. The van der Waals surface area contributed by atoms with E-state index in [9.17, 15) is 4.79 Å². The van der Waals surface area contributed by atoms with E-state index < -0.39 is 0 Å². The molecule has 1 aromatic rings. The number of hydrogen-bond acceptors (Lipinski definition) is 2. The SMILES string of the molecule is Cc1cc(C(=O)N2CCCCC2)c(C)n1CCN(C)C. The number of carbonyl (C=O) groups excluding carboxylic acids is 1. The van der Waals surface area contributed by atoms with E-state index in [1.54, 1.807) is 0 Å². The zero-order valence-corrected chi connectivity index (χ0v) is 13.3. The van der Waals surface area contributed by atoms with Gasteiger partial charge < -0.3 is 14.4 Å². The van der Waals surface area contributed by atoms with Crippen LogP contribution in [0.2, 0.25) is 0 Å². The molecule has 0 aliphatic carbocycles. The van der Waals surface area contributed by atoms with E-state index in [0.717, 1.165) is 50.3 Å². The minimum absolute atomic E-state index is 0.217. The van der Waals surface area contributed by atoms with Crippen molar-refractivity contribution in [1.29, 1.82) is 0 Å². The van der Waals surface area contributed by atoms with Crippen molar-refractivity contribution in [3.63, 3.8) is 0 Å². The molecule has 1 amide bonds. The van der Waals surface area contributed by atoms with E-state index in [1.165, 1.54) is 12.1 Å². The van der Waals surface area contributed by atoms with Crippen LogP contribution >= 0.6 is 0 Å². The van der Waals surface area contributed by atoms with Crippen LogP contribution in [0.1, 0.15) is 41.0 Å². The Morgan fingerprint density at radius 1 is 1.20 bits per heavy atom. The van der Waals surface area contributed by atoms with Crippen molar-refractivity contribution in [2.45, 2.75) is 39.7 Å². The van der Waals surface area contributed by atoms with Crippen LogP contribution in [0.4, 0.5) is 0 Å². The number of carbonyl (C=O) groups is 1. The standard InChI is InChI=1S/C16H27N3O/c1-13-12-15(14(2)19(13)11-10-17(3)4)16(20)18-8-6-5-7-9-18/h12H,5-11H2,1-4H3. The van der Waals surface area contributed by atoms with Crippen LogP contribution in [0.5, 0.6) is 0 Å². The highest BCUT2D eigenvalue weighted by Gasteiger charge is 2.22. The van der Waals surface area contributed by atoms with Crippen LogP contribution in [-0.4, -0.2) is 54.0 Å². The summed E-state index contributed by atoms with van der Waals surface area (Å²) in [5, 5.41) is 0. The van der Waals surface area contributed by atoms with Gasteiger partial charge in [0.1, 0.15) is 0 Å². The predicted molar refractivity (Wildman–Crippen MR) is 82.2 cm³/mol. The van der Waals surface area contributed by atoms with Gasteiger partial charge in [-0.15, -0.1) is 0 Å². The maximum Gasteiger partial charge on any atom is 0.255 e. The van der Waals surface area contributed by atoms with E-state index in [1.807, 2.05) is 4.90 Å². The van der Waals surface area contributed by atoms with Crippen molar-refractivity contribution in [2.24, 2.45) is 0 Å². The van der Waals surface area contributed by atoms with Gasteiger partial charge in [-0.2, -0.15) is 0 Å². The number of likely N-dealkylation sites (tertiary alicyclic amines) is 1. The monoisotopic (exact) mass is 277 g/mol. The Morgan fingerprint density at radius 2 is 1.85 bits per heavy atom. The first-order chi connectivity index (χ1) is 9.50. The largest absolute Gasteiger partial charge is 0.347 e. The van der Waals surface area contributed by atoms with E-state index in [4.69, 9.17) is 0 Å². The van der Waals surface area contributed by atoms with Crippen molar-refractivity contribution in [1.82, 2.24) is 14.4 Å². The number of hydrogen-bond donors (Lipinski definition) is 0. The second kappa shape index (κ2) is 6.44. The zero-order valence-electron chi connectivity index (χ0n) is 13.3. The van der Waals surface area contributed by atoms with Gasteiger partial charge in [-0.05, 0) is 53.3 Å². The zero-order chi connectivity index (χ0) is 14.7. The summed E-state index contributed by atoms with van der Waals surface area (Å²) in [4.78, 5) is 16.8. The summed E-state index contributed by atoms with van der Waals surface area (Å²) in [7, 11) is 4.15. The molecule has 0 spiro atoms. The smallest absolute Gasteiger partial charge is 0.255 e. The van der Waals surface area contributed by atoms with E-state index in [-0.39, 0.29) is 5.91 Å². The van der Waals surface area contributed by atoms with E-state index in [2.05, 4.69) is 43.5 Å². The van der Waals surface area contributed by atoms with Crippen molar-refractivity contribution < 1.29 is 4.79 Å². The van der Waals surface area contributed by atoms with Gasteiger partial charge in [0.25, 0.3) is 5.91 Å². The summed E-state index contributed by atoms with van der Waals surface area (Å²) in [6.07, 6.45) is 3.54. The normalized spacial score (nSPS) is 15.9. The van der Waals surface area contributed by atoms with Gasteiger partial charge in [0.2, 0.25) is 0 Å². The maximum absolute atomic E-state index is 12.6. The Kier molecular flexibility index (Phi) is 4.86. The number of amides is 1. The minimum atomic E-state index is 0.217. The lowest BCUT2D eigenvalue weighted by Gasteiger charge is -2.26. The highest BCUT2D eigenvalue weighted by Crippen LogP contribution is 2.19. The molecule has 0 bridgehead atoms. The number of likely N-dealkylation sites (N-methyl/N-ethyl adjacent to an activating group) is 1. The van der Waals surface area contributed by atoms with E-state index in [0.29, 0.717) is 0 Å². The Hall–Kier alpha value is -1.29. The molecule has 1 saturated heterocycles. The first-order valence-electron chi connectivity index (χ1n) is 7.61. The summed E-state index contributed by atoms with van der Waals surface area (Å²) in [5.41, 5.74) is 3.19. The molecule has 2 heterocycles. The summed E-state index contributed by atoms with van der Waals surface area (Å²) in [6.45, 7) is 7.93. The summed E-state index contributed by atoms with van der Waals surface area (Å²) < 4.78 is 2.26. The maximum atomic E-state index is 12.6. The Labute approximate surface area is 122 Å². The second-order valence-electron chi connectivity index (χ2n) is 6.09. The van der Waals surface area contributed by atoms with Gasteiger partial charge in [0, 0.05) is 37.6 Å². The van der Waals surface area contributed by atoms with Gasteiger partial charge in [0.15, 0.2) is 0 Å². The summed E-state index contributed by atoms with van der Waals surface area (Å²) in [6, 6.07) is 2.06. The van der Waals surface area contributed by atoms with Gasteiger partial charge in [-0.3, -0.25) is 4.79 Å². The minimum Gasteiger partial charge on any atom is -0.347 e. The predicted octanol–water partition coefficient (Wildman–Crippen LogP) is 2.29. The molecule has 0 aromatic carbocycles. The Morgan fingerprint density at radius 3 is 2.45 bits per heavy atom. The van der Waals surface area contributed by atoms with Crippen molar-refractivity contribution in [3.05, 3.63) is 23.0 Å². The molecule has 0 radical (unpaired) electrons. The molecule has 0 atom stereocenters. The van der Waals surface area contributed by atoms with Crippen molar-refractivity contribution >= 4 is 5.91 Å². The second-order valence-corrected chi connectivity index (χ2v) is 6.09. The van der Waals surface area contributed by atoms with Crippen LogP contribution in [0.15, 0.2) is 6.07 Å². The van der Waals surface area contributed by atoms with Crippen LogP contribution in [0.3, 0.4) is 0 Å². The lowest BCUT2D eigenvalue weighted by molar-refractivity contribution is 0.0723. The summed E-state index contributed by atoms with van der Waals surface area (Å²) >= 11 is 0. The van der Waals surface area contributed by atoms with Crippen LogP contribution in [0, 0.1) is 13.8 Å². The molecule has 2 rings (SSSR count). The molecule has 1 aliphatic heterocycles. The first-order valence-corrected chi connectivity index (χ1v) is 7.61. The van der Waals surface area contributed by atoms with Gasteiger partial charge in [-0.25, -0.2) is 0 Å². The molecule has 1 fully saturated rings. The third-order valence-corrected chi connectivity index (χ3v) is 4.22. The lowest BCUT2D eigenvalue weighted by atomic mass is 10.1. The average molecular weight is 277 g/mol. The first kappa shape index (κ1) is 15.1. The Balaban J connectivity index is 2.15. The third-order valence-electron chi connectivity index (χ3n) is 4.22. The topological polar surface area (TPSA) is 28.5 Å². The molecule has 0 unspecified atom stereocenters. The number of piperidine rings is 1. The molecule has 0 N–H and O–H groups in total. The quantitative estimate of drug-likeness (QED) is 0.845. The van der Waals surface area contributed by atoms with Crippen molar-refractivity contribution in [2.75, 3.05) is 33.7 Å². The van der Waals surface area contributed by atoms with Crippen LogP contribution in [0.25, 0.3) is 0 Å². The van der Waals surface area contributed by atoms with E-state index >= 15 is 0 Å². The molecular weight excluding hydrogens is 250 g/mol. The lowest BCUT2D eigenvalue weighted by Crippen LogP contribution is -2.35. The highest BCUT2D eigenvalue weighted by atomic mass is 16.2. The number of rotatable bonds is 4. The van der Waals surface area contributed by atoms with Gasteiger partial charge in [-0.1, -0.05) is 0 Å². The number of aryl methyl sites for hydroxylation is 1. The molecule has 4 nitrogen and oxygen atoms in total. The number of nitrogens with zero attached hydrogens (tertiary/aromatic N) is 3. The molecular formula is C16H27N3O. The molecule has 4 heteroatoms. The van der Waals surface area contributed by atoms with Gasteiger partial charge >= 0.3 is 0 Å². The molecule has 1 aliphatic rings.